The van der Waals surface area contributed by atoms with E-state index in [1.54, 1.807) is 6.07 Å². The monoisotopic (exact) mass is 379 g/mol. The standard InChI is InChI=1S/C13H18BrNO3S2/c1-9(16)7-11-5-3-4-6-15(11)20(17,18)12-8-13(14)19-10(12)2/h8,11H,3-7H2,1-2H3. The molecule has 7 heteroatoms. The maximum atomic E-state index is 12.8. The molecule has 0 N–H and O–H groups in total. The molecule has 0 aromatic carbocycles. The van der Waals surface area contributed by atoms with Crippen LogP contribution in [0.1, 0.15) is 37.5 Å². The van der Waals surface area contributed by atoms with Gasteiger partial charge in [0.25, 0.3) is 0 Å². The number of hydrogen-bond acceptors (Lipinski definition) is 4. The van der Waals surface area contributed by atoms with Crippen LogP contribution in [-0.2, 0) is 14.8 Å². The predicted octanol–water partition coefficient (Wildman–Crippen LogP) is 3.34. The van der Waals surface area contributed by atoms with Crippen molar-refractivity contribution in [3.8, 4) is 0 Å². The molecule has 1 atom stereocenters. The zero-order valence-corrected chi connectivity index (χ0v) is 14.8. The molecule has 0 bridgehead atoms. The van der Waals surface area contributed by atoms with Crippen LogP contribution < -0.4 is 0 Å². The lowest BCUT2D eigenvalue weighted by atomic mass is 10.0. The predicted molar refractivity (Wildman–Crippen MR) is 83.6 cm³/mol. The maximum absolute atomic E-state index is 12.8. The van der Waals surface area contributed by atoms with Gasteiger partial charge in [0.05, 0.1) is 8.68 Å². The Morgan fingerprint density at radius 2 is 2.20 bits per heavy atom. The number of carbonyl (C=O) groups is 1. The first kappa shape index (κ1) is 16.1. The third-order valence-electron chi connectivity index (χ3n) is 3.52. The summed E-state index contributed by atoms with van der Waals surface area (Å²) >= 11 is 4.76. The van der Waals surface area contributed by atoms with Gasteiger partial charge in [-0.05, 0) is 48.7 Å². The Labute approximate surface area is 132 Å². The van der Waals surface area contributed by atoms with Crippen LogP contribution in [0, 0.1) is 6.92 Å². The molecule has 1 aromatic heterocycles. The molecule has 0 radical (unpaired) electrons. The fraction of sp³-hybridized carbons (Fsp3) is 0.615. The van der Waals surface area contributed by atoms with Crippen molar-refractivity contribution in [2.24, 2.45) is 0 Å². The van der Waals surface area contributed by atoms with Gasteiger partial charge in [-0.1, -0.05) is 6.42 Å². The van der Waals surface area contributed by atoms with E-state index in [-0.39, 0.29) is 11.8 Å². The van der Waals surface area contributed by atoms with Crippen LogP contribution in [0.4, 0.5) is 0 Å². The first-order chi connectivity index (χ1) is 9.32. The second kappa shape index (κ2) is 6.25. The highest BCUT2D eigenvalue weighted by atomic mass is 79.9. The number of Topliss-reactive ketones (excluding diaryl/α,β-unsaturated/α-hetero) is 1. The van der Waals surface area contributed by atoms with Crippen molar-refractivity contribution in [3.05, 3.63) is 14.7 Å². The molecule has 1 aliphatic heterocycles. The smallest absolute Gasteiger partial charge is 0.244 e. The summed E-state index contributed by atoms with van der Waals surface area (Å²) in [6.07, 6.45) is 2.92. The molecule has 0 aliphatic carbocycles. The normalized spacial score (nSPS) is 21.1. The van der Waals surface area contributed by atoms with Crippen molar-refractivity contribution in [1.82, 2.24) is 4.31 Å². The van der Waals surface area contributed by atoms with E-state index < -0.39 is 10.0 Å². The van der Waals surface area contributed by atoms with Gasteiger partial charge < -0.3 is 0 Å². The molecular weight excluding hydrogens is 362 g/mol. The summed E-state index contributed by atoms with van der Waals surface area (Å²) in [6, 6.07) is 1.47. The van der Waals surface area contributed by atoms with E-state index >= 15 is 0 Å². The SMILES string of the molecule is CC(=O)CC1CCCCN1S(=O)(=O)c1cc(Br)sc1C. The number of thiophene rings is 1. The number of ketones is 1. The molecule has 20 heavy (non-hydrogen) atoms. The van der Waals surface area contributed by atoms with Gasteiger partial charge in [-0.15, -0.1) is 11.3 Å². The second-order valence-corrected chi connectivity index (χ2v) is 9.64. The lowest BCUT2D eigenvalue weighted by Gasteiger charge is -2.34. The van der Waals surface area contributed by atoms with Gasteiger partial charge in [0, 0.05) is 23.9 Å². The number of piperidine rings is 1. The third kappa shape index (κ3) is 3.32. The van der Waals surface area contributed by atoms with Crippen LogP contribution in [0.2, 0.25) is 0 Å². The zero-order chi connectivity index (χ0) is 14.9. The Kier molecular flexibility index (Phi) is 5.05. The van der Waals surface area contributed by atoms with E-state index in [4.69, 9.17) is 0 Å². The molecule has 1 fully saturated rings. The average Bonchev–Trinajstić information content (AvgIpc) is 2.69. The number of sulfonamides is 1. The molecule has 2 heterocycles. The maximum Gasteiger partial charge on any atom is 0.244 e. The summed E-state index contributed by atoms with van der Waals surface area (Å²) in [5.41, 5.74) is 0. The van der Waals surface area contributed by atoms with Crippen molar-refractivity contribution < 1.29 is 13.2 Å². The highest BCUT2D eigenvalue weighted by Crippen LogP contribution is 2.34. The van der Waals surface area contributed by atoms with Gasteiger partial charge in [0.2, 0.25) is 10.0 Å². The average molecular weight is 380 g/mol. The van der Waals surface area contributed by atoms with E-state index in [0.717, 1.165) is 27.9 Å². The summed E-state index contributed by atoms with van der Waals surface area (Å²) in [5, 5.41) is 0. The highest BCUT2D eigenvalue weighted by Gasteiger charge is 2.35. The Bertz CT molecular complexity index is 609. The van der Waals surface area contributed by atoms with Crippen LogP contribution in [0.3, 0.4) is 0 Å². The molecule has 0 spiro atoms. The van der Waals surface area contributed by atoms with Gasteiger partial charge in [0.1, 0.15) is 5.78 Å². The molecule has 1 unspecified atom stereocenters. The van der Waals surface area contributed by atoms with Gasteiger partial charge in [-0.25, -0.2) is 8.42 Å². The molecule has 2 rings (SSSR count). The van der Waals surface area contributed by atoms with E-state index in [1.165, 1.54) is 22.6 Å². The Hall–Kier alpha value is -0.240. The van der Waals surface area contributed by atoms with Crippen LogP contribution >= 0.6 is 27.3 Å². The van der Waals surface area contributed by atoms with E-state index in [1.807, 2.05) is 6.92 Å². The number of rotatable bonds is 4. The van der Waals surface area contributed by atoms with Crippen LogP contribution in [0.25, 0.3) is 0 Å². The van der Waals surface area contributed by atoms with Crippen LogP contribution in [-0.4, -0.2) is 31.1 Å². The number of carbonyl (C=O) groups excluding carboxylic acids is 1. The fourth-order valence-corrected chi connectivity index (χ4v) is 6.72. The first-order valence-corrected chi connectivity index (χ1v) is 9.64. The third-order valence-corrected chi connectivity index (χ3v) is 7.29. The summed E-state index contributed by atoms with van der Waals surface area (Å²) in [7, 11) is -3.51. The van der Waals surface area contributed by atoms with Crippen molar-refractivity contribution >= 4 is 43.1 Å². The molecule has 0 amide bonds. The minimum Gasteiger partial charge on any atom is -0.300 e. The minimum atomic E-state index is -3.51. The lowest BCUT2D eigenvalue weighted by Crippen LogP contribution is -2.44. The van der Waals surface area contributed by atoms with Crippen LogP contribution in [0.15, 0.2) is 14.7 Å². The summed E-state index contributed by atoms with van der Waals surface area (Å²) < 4.78 is 28.0. The Morgan fingerprint density at radius 1 is 1.50 bits per heavy atom. The zero-order valence-electron chi connectivity index (χ0n) is 11.6. The summed E-state index contributed by atoms with van der Waals surface area (Å²) in [4.78, 5) is 12.5. The van der Waals surface area contributed by atoms with E-state index in [2.05, 4.69) is 15.9 Å². The molecule has 1 aromatic rings. The molecule has 1 aliphatic rings. The second-order valence-electron chi connectivity index (χ2n) is 5.14. The number of hydrogen-bond donors (Lipinski definition) is 0. The minimum absolute atomic E-state index is 0.0420. The van der Waals surface area contributed by atoms with Gasteiger partial charge in [-0.3, -0.25) is 4.79 Å². The Morgan fingerprint density at radius 3 is 2.75 bits per heavy atom. The molecule has 112 valence electrons. The quantitative estimate of drug-likeness (QED) is 0.805. The first-order valence-electron chi connectivity index (χ1n) is 6.59. The number of halogens is 1. The molecule has 1 saturated heterocycles. The van der Waals surface area contributed by atoms with Gasteiger partial charge in [0.15, 0.2) is 0 Å². The van der Waals surface area contributed by atoms with Crippen molar-refractivity contribution in [2.45, 2.75) is 50.5 Å². The van der Waals surface area contributed by atoms with Crippen molar-refractivity contribution in [3.63, 3.8) is 0 Å². The fourth-order valence-electron chi connectivity index (χ4n) is 2.64. The van der Waals surface area contributed by atoms with Gasteiger partial charge in [-0.2, -0.15) is 4.31 Å². The topological polar surface area (TPSA) is 54.5 Å². The van der Waals surface area contributed by atoms with Crippen LogP contribution in [0.5, 0.6) is 0 Å². The Balaban J connectivity index is 2.35. The van der Waals surface area contributed by atoms with Crippen molar-refractivity contribution in [2.75, 3.05) is 6.54 Å². The lowest BCUT2D eigenvalue weighted by molar-refractivity contribution is -0.118. The molecular formula is C13H18BrNO3S2. The number of aryl methyl sites for hydroxylation is 1. The number of nitrogens with zero attached hydrogens (tertiary/aromatic N) is 1. The van der Waals surface area contributed by atoms with E-state index in [9.17, 15) is 13.2 Å². The highest BCUT2D eigenvalue weighted by molar-refractivity contribution is 9.11. The van der Waals surface area contributed by atoms with E-state index in [0.29, 0.717) is 17.9 Å². The van der Waals surface area contributed by atoms with Gasteiger partial charge >= 0.3 is 0 Å². The molecule has 0 saturated carbocycles. The largest absolute Gasteiger partial charge is 0.300 e. The molecule has 4 nitrogen and oxygen atoms in total. The summed E-state index contributed by atoms with van der Waals surface area (Å²) in [6.45, 7) is 3.84. The summed E-state index contributed by atoms with van der Waals surface area (Å²) in [5.74, 6) is 0.0420. The van der Waals surface area contributed by atoms with Crippen molar-refractivity contribution in [1.29, 1.82) is 0 Å².